The van der Waals surface area contributed by atoms with E-state index in [1.54, 1.807) is 60.9 Å². The van der Waals surface area contributed by atoms with E-state index in [0.29, 0.717) is 33.2 Å². The first kappa shape index (κ1) is 24.2. The molecule has 0 spiro atoms. The molecule has 186 valence electrons. The van der Waals surface area contributed by atoms with Gasteiger partial charge in [-0.25, -0.2) is 9.78 Å². The van der Waals surface area contributed by atoms with Crippen LogP contribution in [-0.4, -0.2) is 37.4 Å². The lowest BCUT2D eigenvalue weighted by Crippen LogP contribution is -2.09. The highest BCUT2D eigenvalue weighted by molar-refractivity contribution is 6.21. The number of primary amides is 1. The molecule has 0 unspecified atom stereocenters. The summed E-state index contributed by atoms with van der Waals surface area (Å²) in [6.07, 6.45) is 3.79. The second kappa shape index (κ2) is 10.2. The van der Waals surface area contributed by atoms with Crippen molar-refractivity contribution < 1.29 is 19.5 Å². The van der Waals surface area contributed by atoms with E-state index in [-0.39, 0.29) is 11.7 Å². The van der Waals surface area contributed by atoms with Gasteiger partial charge < -0.3 is 15.8 Å². The number of H-pyrrole nitrogens is 1. The van der Waals surface area contributed by atoms with Gasteiger partial charge in [-0.05, 0) is 35.9 Å². The van der Waals surface area contributed by atoms with E-state index in [0.717, 1.165) is 21.1 Å². The number of nitrogens with zero attached hydrogens (tertiary/aromatic N) is 2. The summed E-state index contributed by atoms with van der Waals surface area (Å²) in [6, 6.07) is 27.3. The smallest absolute Gasteiger partial charge is 0.415 e. The van der Waals surface area contributed by atoms with Gasteiger partial charge in [0.05, 0.1) is 5.52 Å². The van der Waals surface area contributed by atoms with Crippen molar-refractivity contribution in [3.8, 4) is 11.1 Å². The monoisotopic (exact) mass is 502 g/mol. The first-order valence-electron chi connectivity index (χ1n) is 11.7. The SMILES string of the molecule is NC(=O)c1ccccc1.O=C(c1c[nH]c2ncc(-c3ccccc3)cc12)c1cccc2c1ccn2C(=O)O. The Morgan fingerprint density at radius 1 is 0.789 bits per heavy atom. The Morgan fingerprint density at radius 2 is 1.50 bits per heavy atom. The van der Waals surface area contributed by atoms with Crippen LogP contribution in [0.25, 0.3) is 33.1 Å². The predicted molar refractivity (Wildman–Crippen MR) is 145 cm³/mol. The van der Waals surface area contributed by atoms with Crippen molar-refractivity contribution in [1.82, 2.24) is 14.5 Å². The number of ketones is 1. The number of hydrogen-bond donors (Lipinski definition) is 3. The highest BCUT2D eigenvalue weighted by atomic mass is 16.4. The molecule has 0 aliphatic carbocycles. The highest BCUT2D eigenvalue weighted by Gasteiger charge is 2.19. The minimum atomic E-state index is -1.09. The van der Waals surface area contributed by atoms with E-state index in [9.17, 15) is 19.5 Å². The van der Waals surface area contributed by atoms with E-state index in [1.807, 2.05) is 42.5 Å². The topological polar surface area (TPSA) is 131 Å². The van der Waals surface area contributed by atoms with Gasteiger partial charge in [0.2, 0.25) is 5.91 Å². The van der Waals surface area contributed by atoms with Crippen molar-refractivity contribution in [2.45, 2.75) is 0 Å². The first-order valence-corrected chi connectivity index (χ1v) is 11.7. The summed E-state index contributed by atoms with van der Waals surface area (Å²) in [6.45, 7) is 0. The normalized spacial score (nSPS) is 10.6. The van der Waals surface area contributed by atoms with Gasteiger partial charge in [-0.3, -0.25) is 14.2 Å². The maximum absolute atomic E-state index is 13.4. The largest absolute Gasteiger partial charge is 0.464 e. The molecule has 3 aromatic heterocycles. The fourth-order valence-electron chi connectivity index (χ4n) is 4.26. The molecule has 4 N–H and O–H groups in total. The minimum Gasteiger partial charge on any atom is -0.464 e. The Hall–Kier alpha value is -5.50. The van der Waals surface area contributed by atoms with Gasteiger partial charge in [0.15, 0.2) is 5.78 Å². The maximum atomic E-state index is 13.4. The molecule has 0 aliphatic rings. The van der Waals surface area contributed by atoms with Crippen molar-refractivity contribution in [3.63, 3.8) is 0 Å². The number of fused-ring (bicyclic) bond motifs is 2. The average molecular weight is 503 g/mol. The number of carboxylic acid groups (broad SMARTS) is 1. The molecule has 0 fully saturated rings. The third-order valence-corrected chi connectivity index (χ3v) is 6.12. The van der Waals surface area contributed by atoms with Crippen molar-refractivity contribution in [2.24, 2.45) is 5.73 Å². The molecule has 8 heteroatoms. The van der Waals surface area contributed by atoms with Gasteiger partial charge >= 0.3 is 6.09 Å². The standard InChI is InChI=1S/C23H15N3O3.C7H7NO/c27-21(17-7-4-8-20-16(17)9-10-26(20)23(28)29)19-13-25-22-18(19)11-15(12-24-22)14-5-2-1-3-6-14;8-7(9)6-4-2-1-3-5-6/h1-13H,(H,24,25)(H,28,29);1-5H,(H2,8,9). The summed E-state index contributed by atoms with van der Waals surface area (Å²) < 4.78 is 1.11. The fourth-order valence-corrected chi connectivity index (χ4v) is 4.26. The molecule has 0 aliphatic heterocycles. The Morgan fingerprint density at radius 3 is 2.16 bits per heavy atom. The quantitative estimate of drug-likeness (QED) is 0.265. The fraction of sp³-hybridized carbons (Fsp3) is 0. The number of nitrogens with two attached hydrogens (primary N) is 1. The molecule has 3 aromatic carbocycles. The lowest BCUT2D eigenvalue weighted by atomic mass is 9.99. The third kappa shape index (κ3) is 4.66. The first-order chi connectivity index (χ1) is 18.4. The summed E-state index contributed by atoms with van der Waals surface area (Å²) in [5.41, 5.74) is 9.52. The molecule has 0 atom stereocenters. The molecule has 0 radical (unpaired) electrons. The van der Waals surface area contributed by atoms with Crippen molar-refractivity contribution in [1.29, 1.82) is 0 Å². The average Bonchev–Trinajstić information content (AvgIpc) is 3.58. The lowest BCUT2D eigenvalue weighted by molar-refractivity contribution is 0.0998. The zero-order valence-electron chi connectivity index (χ0n) is 20.0. The summed E-state index contributed by atoms with van der Waals surface area (Å²) in [4.78, 5) is 42.7. The van der Waals surface area contributed by atoms with Crippen LogP contribution in [0.3, 0.4) is 0 Å². The summed E-state index contributed by atoms with van der Waals surface area (Å²) in [5.74, 6) is -0.562. The second-order valence-corrected chi connectivity index (χ2v) is 8.45. The van der Waals surface area contributed by atoms with Crippen LogP contribution in [0.2, 0.25) is 0 Å². The molecule has 3 heterocycles. The molecule has 0 saturated heterocycles. The second-order valence-electron chi connectivity index (χ2n) is 8.45. The van der Waals surface area contributed by atoms with Crippen LogP contribution in [0.4, 0.5) is 4.79 Å². The van der Waals surface area contributed by atoms with Gasteiger partial charge in [-0.1, -0.05) is 60.7 Å². The molecular weight excluding hydrogens is 480 g/mol. The van der Waals surface area contributed by atoms with Gasteiger partial charge in [-0.2, -0.15) is 0 Å². The molecule has 6 rings (SSSR count). The van der Waals surface area contributed by atoms with Crippen LogP contribution in [0.15, 0.2) is 110 Å². The van der Waals surface area contributed by atoms with Crippen molar-refractivity contribution in [2.75, 3.05) is 0 Å². The van der Waals surface area contributed by atoms with Crippen molar-refractivity contribution >= 4 is 39.7 Å². The van der Waals surface area contributed by atoms with Gasteiger partial charge in [0.25, 0.3) is 0 Å². The highest BCUT2D eigenvalue weighted by Crippen LogP contribution is 2.28. The van der Waals surface area contributed by atoms with Gasteiger partial charge in [0, 0.05) is 51.6 Å². The Bertz CT molecular complexity index is 1790. The number of carbonyl (C=O) groups excluding carboxylic acids is 2. The van der Waals surface area contributed by atoms with Gasteiger partial charge in [0.1, 0.15) is 5.65 Å². The molecule has 8 nitrogen and oxygen atoms in total. The molecule has 38 heavy (non-hydrogen) atoms. The minimum absolute atomic E-state index is 0.183. The van der Waals surface area contributed by atoms with E-state index >= 15 is 0 Å². The number of benzene rings is 3. The number of carbonyl (C=O) groups is 3. The predicted octanol–water partition coefficient (Wildman–Crippen LogP) is 5.73. The third-order valence-electron chi connectivity index (χ3n) is 6.12. The lowest BCUT2D eigenvalue weighted by Gasteiger charge is -2.05. The van der Waals surface area contributed by atoms with E-state index < -0.39 is 6.09 Å². The Kier molecular flexibility index (Phi) is 6.52. The zero-order chi connectivity index (χ0) is 26.6. The van der Waals surface area contributed by atoms with Crippen LogP contribution in [0.1, 0.15) is 26.3 Å². The molecule has 1 amide bonds. The van der Waals surface area contributed by atoms with E-state index in [1.165, 1.54) is 6.20 Å². The Labute approximate surface area is 217 Å². The molecular formula is C30H22N4O4. The van der Waals surface area contributed by atoms with Crippen LogP contribution in [0.5, 0.6) is 0 Å². The van der Waals surface area contributed by atoms with Crippen LogP contribution in [-0.2, 0) is 0 Å². The van der Waals surface area contributed by atoms with Gasteiger partial charge in [-0.15, -0.1) is 0 Å². The summed E-state index contributed by atoms with van der Waals surface area (Å²) in [7, 11) is 0. The number of pyridine rings is 1. The number of amides is 1. The zero-order valence-corrected chi connectivity index (χ0v) is 20.0. The number of nitrogens with one attached hydrogen (secondary N) is 1. The molecule has 6 aromatic rings. The van der Waals surface area contributed by atoms with E-state index in [2.05, 4.69) is 9.97 Å². The number of aromatic amines is 1. The van der Waals surface area contributed by atoms with E-state index in [4.69, 9.17) is 5.73 Å². The number of aromatic nitrogens is 3. The number of rotatable bonds is 4. The number of hydrogen-bond acceptors (Lipinski definition) is 4. The molecule has 0 bridgehead atoms. The maximum Gasteiger partial charge on any atom is 0.415 e. The molecule has 0 saturated carbocycles. The van der Waals surface area contributed by atoms with Crippen LogP contribution < -0.4 is 5.73 Å². The summed E-state index contributed by atoms with van der Waals surface area (Å²) in [5, 5.41) is 10.7. The van der Waals surface area contributed by atoms with Crippen LogP contribution >= 0.6 is 0 Å². The van der Waals surface area contributed by atoms with Crippen molar-refractivity contribution in [3.05, 3.63) is 126 Å². The van der Waals surface area contributed by atoms with Crippen LogP contribution in [0, 0.1) is 0 Å². The Balaban J connectivity index is 0.000000278. The summed E-state index contributed by atoms with van der Waals surface area (Å²) >= 11 is 0.